The van der Waals surface area contributed by atoms with Gasteiger partial charge in [0.15, 0.2) is 0 Å². The van der Waals surface area contributed by atoms with E-state index >= 15 is 0 Å². The molecular formula is C10H17N5O3S2. The third kappa shape index (κ3) is 2.97. The van der Waals surface area contributed by atoms with E-state index in [4.69, 9.17) is 0 Å². The van der Waals surface area contributed by atoms with E-state index in [1.807, 2.05) is 13.8 Å². The number of amides is 1. The Morgan fingerprint density at radius 3 is 2.50 bits per heavy atom. The zero-order valence-electron chi connectivity index (χ0n) is 11.5. The molecule has 1 aromatic heterocycles. The number of hydrogen-bond acceptors (Lipinski definition) is 7. The smallest absolute Gasteiger partial charge is 0.272 e. The van der Waals surface area contributed by atoms with Crippen LogP contribution in [0, 0.1) is 0 Å². The summed E-state index contributed by atoms with van der Waals surface area (Å²) in [5.74, 6) is -0.311. The van der Waals surface area contributed by atoms with Gasteiger partial charge in [0.25, 0.3) is 10.0 Å². The molecule has 0 aliphatic carbocycles. The van der Waals surface area contributed by atoms with E-state index < -0.39 is 10.0 Å². The summed E-state index contributed by atoms with van der Waals surface area (Å²) >= 11 is 0.862. The van der Waals surface area contributed by atoms with Crippen LogP contribution in [0.25, 0.3) is 0 Å². The van der Waals surface area contributed by atoms with Gasteiger partial charge in [-0.2, -0.15) is 4.31 Å². The molecule has 1 saturated heterocycles. The van der Waals surface area contributed by atoms with Crippen molar-refractivity contribution in [3.63, 3.8) is 0 Å². The molecule has 0 saturated carbocycles. The van der Waals surface area contributed by atoms with Crippen LogP contribution in [0.2, 0.25) is 0 Å². The molecule has 1 fully saturated rings. The molecular weight excluding hydrogens is 302 g/mol. The molecule has 0 spiro atoms. The molecule has 1 aliphatic heterocycles. The number of rotatable bonds is 3. The van der Waals surface area contributed by atoms with Crippen molar-refractivity contribution in [1.82, 2.24) is 19.8 Å². The van der Waals surface area contributed by atoms with Crippen LogP contribution in [-0.4, -0.2) is 54.0 Å². The third-order valence-corrected chi connectivity index (χ3v) is 6.25. The second-order valence-electron chi connectivity index (χ2n) is 4.75. The molecule has 112 valence electrons. The monoisotopic (exact) mass is 319 g/mol. The first-order valence-electron chi connectivity index (χ1n) is 6.17. The Labute approximate surface area is 121 Å². The van der Waals surface area contributed by atoms with Crippen LogP contribution in [0.15, 0.2) is 4.34 Å². The molecule has 0 bridgehead atoms. The molecule has 1 amide bonds. The first kappa shape index (κ1) is 15.3. The van der Waals surface area contributed by atoms with Crippen molar-refractivity contribution in [2.45, 2.75) is 37.2 Å². The van der Waals surface area contributed by atoms with E-state index in [0.29, 0.717) is 13.1 Å². The Balaban J connectivity index is 2.29. The van der Waals surface area contributed by atoms with Gasteiger partial charge in [0.2, 0.25) is 15.4 Å². The largest absolute Gasteiger partial charge is 0.314 e. The molecule has 8 nitrogen and oxygen atoms in total. The lowest BCUT2D eigenvalue weighted by Gasteiger charge is -2.37. The lowest BCUT2D eigenvalue weighted by atomic mass is 10.2. The van der Waals surface area contributed by atoms with Crippen molar-refractivity contribution in [2.24, 2.45) is 0 Å². The Morgan fingerprint density at radius 1 is 1.35 bits per heavy atom. The van der Waals surface area contributed by atoms with Gasteiger partial charge in [-0.05, 0) is 13.8 Å². The zero-order valence-corrected chi connectivity index (χ0v) is 13.1. The van der Waals surface area contributed by atoms with Gasteiger partial charge in [-0.1, -0.05) is 11.3 Å². The SMILES string of the molecule is CC(=O)Nc1nnc(S(=O)(=O)N2C(C)CNCC2C)s1. The summed E-state index contributed by atoms with van der Waals surface area (Å²) in [5.41, 5.74) is 0. The first-order valence-corrected chi connectivity index (χ1v) is 8.43. The minimum absolute atomic E-state index is 0.0955. The fourth-order valence-corrected chi connectivity index (χ4v) is 5.06. The van der Waals surface area contributed by atoms with Crippen molar-refractivity contribution in [2.75, 3.05) is 18.4 Å². The molecule has 10 heteroatoms. The maximum Gasteiger partial charge on any atom is 0.272 e. The summed E-state index contributed by atoms with van der Waals surface area (Å²) in [6.45, 7) is 6.21. The van der Waals surface area contributed by atoms with Crippen molar-refractivity contribution < 1.29 is 13.2 Å². The minimum Gasteiger partial charge on any atom is -0.314 e. The zero-order chi connectivity index (χ0) is 14.9. The second-order valence-corrected chi connectivity index (χ2v) is 7.74. The number of nitrogens with zero attached hydrogens (tertiary/aromatic N) is 3. The van der Waals surface area contributed by atoms with Crippen molar-refractivity contribution in [1.29, 1.82) is 0 Å². The molecule has 2 rings (SSSR count). The van der Waals surface area contributed by atoms with Crippen LogP contribution in [0.5, 0.6) is 0 Å². The summed E-state index contributed by atoms with van der Waals surface area (Å²) in [7, 11) is -3.69. The van der Waals surface area contributed by atoms with Gasteiger partial charge in [0, 0.05) is 32.1 Å². The molecule has 20 heavy (non-hydrogen) atoms. The summed E-state index contributed by atoms with van der Waals surface area (Å²) in [4.78, 5) is 10.9. The van der Waals surface area contributed by atoms with Crippen LogP contribution in [0.3, 0.4) is 0 Å². The van der Waals surface area contributed by atoms with Crippen LogP contribution in [0.1, 0.15) is 20.8 Å². The van der Waals surface area contributed by atoms with Gasteiger partial charge < -0.3 is 10.6 Å². The van der Waals surface area contributed by atoms with E-state index in [9.17, 15) is 13.2 Å². The van der Waals surface area contributed by atoms with Crippen LogP contribution in [-0.2, 0) is 14.8 Å². The van der Waals surface area contributed by atoms with Crippen LogP contribution in [0.4, 0.5) is 5.13 Å². The molecule has 1 aliphatic rings. The van der Waals surface area contributed by atoms with Crippen molar-refractivity contribution >= 4 is 32.4 Å². The van der Waals surface area contributed by atoms with Crippen LogP contribution < -0.4 is 10.6 Å². The number of nitrogens with one attached hydrogen (secondary N) is 2. The Kier molecular flexibility index (Phi) is 4.37. The first-order chi connectivity index (χ1) is 9.32. The Hall–Kier alpha value is -1.10. The molecule has 2 atom stereocenters. The van der Waals surface area contributed by atoms with E-state index in [0.717, 1.165) is 11.3 Å². The maximum absolute atomic E-state index is 12.6. The number of hydrogen-bond donors (Lipinski definition) is 2. The molecule has 1 aromatic rings. The quantitative estimate of drug-likeness (QED) is 0.752. The van der Waals surface area contributed by atoms with Gasteiger partial charge >= 0.3 is 0 Å². The highest BCUT2D eigenvalue weighted by Gasteiger charge is 2.37. The van der Waals surface area contributed by atoms with Crippen molar-refractivity contribution in [3.8, 4) is 0 Å². The van der Waals surface area contributed by atoms with Crippen molar-refractivity contribution in [3.05, 3.63) is 0 Å². The summed E-state index contributed by atoms with van der Waals surface area (Å²) in [6.07, 6.45) is 0. The van der Waals surface area contributed by atoms with E-state index in [1.165, 1.54) is 11.2 Å². The normalized spacial score (nSPS) is 24.6. The maximum atomic E-state index is 12.6. The van der Waals surface area contributed by atoms with E-state index in [2.05, 4.69) is 20.8 Å². The number of sulfonamides is 1. The molecule has 2 heterocycles. The predicted molar refractivity (Wildman–Crippen MR) is 75.0 cm³/mol. The summed E-state index contributed by atoms with van der Waals surface area (Å²) in [5, 5.41) is 13.2. The minimum atomic E-state index is -3.69. The number of anilines is 1. The molecule has 2 N–H and O–H groups in total. The highest BCUT2D eigenvalue weighted by Crippen LogP contribution is 2.27. The van der Waals surface area contributed by atoms with Gasteiger partial charge in [0.1, 0.15) is 0 Å². The second kappa shape index (κ2) is 5.72. The van der Waals surface area contributed by atoms with Gasteiger partial charge in [0.05, 0.1) is 0 Å². The van der Waals surface area contributed by atoms with Gasteiger partial charge in [-0.15, -0.1) is 10.2 Å². The molecule has 0 radical (unpaired) electrons. The predicted octanol–water partition coefficient (Wildman–Crippen LogP) is -0.133. The number of carbonyl (C=O) groups excluding carboxylic acids is 1. The highest BCUT2D eigenvalue weighted by atomic mass is 32.2. The average Bonchev–Trinajstić information content (AvgIpc) is 2.76. The van der Waals surface area contributed by atoms with Crippen LogP contribution >= 0.6 is 11.3 Å². The van der Waals surface area contributed by atoms with E-state index in [-0.39, 0.29) is 27.5 Å². The lowest BCUT2D eigenvalue weighted by molar-refractivity contribution is -0.114. The standard InChI is InChI=1S/C10H17N5O3S2/c1-6-4-11-5-7(2)15(6)20(17,18)10-14-13-9(19-10)12-8(3)16/h6-7,11H,4-5H2,1-3H3,(H,12,13,16). The fraction of sp³-hybridized carbons (Fsp3) is 0.700. The number of aromatic nitrogens is 2. The lowest BCUT2D eigenvalue weighted by Crippen LogP contribution is -2.57. The topological polar surface area (TPSA) is 104 Å². The van der Waals surface area contributed by atoms with E-state index in [1.54, 1.807) is 0 Å². The highest BCUT2D eigenvalue weighted by molar-refractivity contribution is 7.91. The summed E-state index contributed by atoms with van der Waals surface area (Å²) < 4.78 is 26.6. The summed E-state index contributed by atoms with van der Waals surface area (Å²) in [6, 6.07) is -0.311. The number of carbonyl (C=O) groups is 1. The number of piperazine rings is 1. The fourth-order valence-electron chi connectivity index (χ4n) is 2.19. The average molecular weight is 319 g/mol. The molecule has 0 aromatic carbocycles. The molecule has 2 unspecified atom stereocenters. The Bertz CT molecular complexity index is 590. The van der Waals surface area contributed by atoms with Gasteiger partial charge in [-0.25, -0.2) is 8.42 Å². The Morgan fingerprint density at radius 2 is 1.95 bits per heavy atom. The van der Waals surface area contributed by atoms with Gasteiger partial charge in [-0.3, -0.25) is 4.79 Å². The third-order valence-electron chi connectivity index (χ3n) is 2.94.